The minimum Gasteiger partial charge on any atom is -0.496 e. The van der Waals surface area contributed by atoms with Gasteiger partial charge in [-0.2, -0.15) is 5.26 Å². The number of rotatable bonds is 5. The summed E-state index contributed by atoms with van der Waals surface area (Å²) in [7, 11) is 1.71. The van der Waals surface area contributed by atoms with E-state index in [1.165, 1.54) is 11.1 Å². The van der Waals surface area contributed by atoms with Gasteiger partial charge in [0.05, 0.1) is 18.7 Å². The van der Waals surface area contributed by atoms with E-state index in [-0.39, 0.29) is 0 Å². The van der Waals surface area contributed by atoms with Gasteiger partial charge >= 0.3 is 0 Å². The molecule has 0 heterocycles. The summed E-state index contributed by atoms with van der Waals surface area (Å²) in [5.74, 6) is 1.68. The highest BCUT2D eigenvalue weighted by atomic mass is 16.5. The van der Waals surface area contributed by atoms with Crippen LogP contribution in [0.2, 0.25) is 0 Å². The molecule has 1 atom stereocenters. The fourth-order valence-electron chi connectivity index (χ4n) is 2.85. The highest BCUT2D eigenvalue weighted by Gasteiger charge is 2.13. The van der Waals surface area contributed by atoms with Crippen LogP contribution < -0.4 is 4.74 Å². The molecular formula is C20H23NO. The van der Waals surface area contributed by atoms with E-state index < -0.39 is 0 Å². The molecule has 0 bridgehead atoms. The number of nitriles is 1. The molecule has 0 fully saturated rings. The zero-order chi connectivity index (χ0) is 16.1. The molecule has 1 unspecified atom stereocenters. The van der Waals surface area contributed by atoms with Gasteiger partial charge in [0.1, 0.15) is 5.75 Å². The summed E-state index contributed by atoms with van der Waals surface area (Å²) in [6.45, 7) is 6.53. The molecule has 0 aliphatic rings. The molecule has 2 aromatic carbocycles. The molecule has 0 saturated carbocycles. The quantitative estimate of drug-likeness (QED) is 0.774. The van der Waals surface area contributed by atoms with Crippen LogP contribution in [0.25, 0.3) is 0 Å². The largest absolute Gasteiger partial charge is 0.496 e. The van der Waals surface area contributed by atoms with E-state index in [2.05, 4.69) is 45.0 Å². The van der Waals surface area contributed by atoms with E-state index in [9.17, 15) is 5.26 Å². The van der Waals surface area contributed by atoms with Crippen molar-refractivity contribution in [3.8, 4) is 11.8 Å². The van der Waals surface area contributed by atoms with Gasteiger partial charge in [0.2, 0.25) is 0 Å². The van der Waals surface area contributed by atoms with Crippen LogP contribution in [-0.2, 0) is 6.42 Å². The van der Waals surface area contributed by atoms with Gasteiger partial charge < -0.3 is 4.74 Å². The van der Waals surface area contributed by atoms with Gasteiger partial charge in [-0.15, -0.1) is 0 Å². The first-order valence-corrected chi connectivity index (χ1v) is 7.72. The molecule has 2 aromatic rings. The standard InChI is InChI=1S/C20H23NO/c1-14(2)19-12-16(9-10-20(19)22-4)11-15(3)18-8-6-5-7-17(18)13-21/h5-10,12,14-15H,11H2,1-4H3. The Kier molecular flexibility index (Phi) is 5.22. The van der Waals surface area contributed by atoms with Gasteiger partial charge in [0, 0.05) is 0 Å². The molecule has 2 heteroatoms. The molecule has 0 spiro atoms. The van der Waals surface area contributed by atoms with Crippen LogP contribution in [0, 0.1) is 11.3 Å². The number of hydrogen-bond donors (Lipinski definition) is 0. The molecule has 0 aromatic heterocycles. The predicted molar refractivity (Wildman–Crippen MR) is 90.4 cm³/mol. The number of ether oxygens (including phenoxy) is 1. The summed E-state index contributed by atoms with van der Waals surface area (Å²) >= 11 is 0. The average molecular weight is 293 g/mol. The topological polar surface area (TPSA) is 33.0 Å². The molecule has 0 saturated heterocycles. The SMILES string of the molecule is COc1ccc(CC(C)c2ccccc2C#N)cc1C(C)C. The van der Waals surface area contributed by atoms with E-state index in [1.54, 1.807) is 7.11 Å². The molecule has 0 amide bonds. The molecule has 0 radical (unpaired) electrons. The van der Waals surface area contributed by atoms with Crippen LogP contribution in [0.3, 0.4) is 0 Å². The van der Waals surface area contributed by atoms with Crippen LogP contribution in [0.5, 0.6) is 5.75 Å². The monoisotopic (exact) mass is 293 g/mol. The van der Waals surface area contributed by atoms with Gasteiger partial charge in [0.15, 0.2) is 0 Å². The number of benzene rings is 2. The predicted octanol–water partition coefficient (Wildman–Crippen LogP) is 5.04. The lowest BCUT2D eigenvalue weighted by atomic mass is 9.89. The molecule has 114 valence electrons. The molecular weight excluding hydrogens is 270 g/mol. The van der Waals surface area contributed by atoms with E-state index in [0.717, 1.165) is 23.3 Å². The zero-order valence-corrected chi connectivity index (χ0v) is 13.8. The second-order valence-corrected chi connectivity index (χ2v) is 6.04. The summed E-state index contributed by atoms with van der Waals surface area (Å²) in [6.07, 6.45) is 0.919. The fraction of sp³-hybridized carbons (Fsp3) is 0.350. The smallest absolute Gasteiger partial charge is 0.122 e. The zero-order valence-electron chi connectivity index (χ0n) is 13.8. The summed E-state index contributed by atoms with van der Waals surface area (Å²) < 4.78 is 5.44. The van der Waals surface area contributed by atoms with Crippen molar-refractivity contribution >= 4 is 0 Å². The number of nitrogens with zero attached hydrogens (tertiary/aromatic N) is 1. The van der Waals surface area contributed by atoms with E-state index in [0.29, 0.717) is 11.8 Å². The summed E-state index contributed by atoms with van der Waals surface area (Å²) in [5.41, 5.74) is 4.41. The Balaban J connectivity index is 2.27. The second-order valence-electron chi connectivity index (χ2n) is 6.04. The molecule has 2 rings (SSSR count). The van der Waals surface area contributed by atoms with Crippen LogP contribution in [0.15, 0.2) is 42.5 Å². The Morgan fingerprint density at radius 2 is 1.77 bits per heavy atom. The third-order valence-corrected chi connectivity index (χ3v) is 4.07. The Morgan fingerprint density at radius 1 is 1.05 bits per heavy atom. The maximum Gasteiger partial charge on any atom is 0.122 e. The molecule has 0 N–H and O–H groups in total. The van der Waals surface area contributed by atoms with Gasteiger partial charge in [-0.25, -0.2) is 0 Å². The first-order valence-electron chi connectivity index (χ1n) is 7.72. The second kappa shape index (κ2) is 7.13. The third-order valence-electron chi connectivity index (χ3n) is 4.07. The van der Waals surface area contributed by atoms with E-state index in [4.69, 9.17) is 4.74 Å². The van der Waals surface area contributed by atoms with Crippen LogP contribution in [-0.4, -0.2) is 7.11 Å². The van der Waals surface area contributed by atoms with Crippen molar-refractivity contribution in [3.63, 3.8) is 0 Å². The lowest BCUT2D eigenvalue weighted by molar-refractivity contribution is 0.407. The summed E-state index contributed by atoms with van der Waals surface area (Å²) in [4.78, 5) is 0. The van der Waals surface area contributed by atoms with Gasteiger partial charge in [-0.3, -0.25) is 0 Å². The van der Waals surface area contributed by atoms with E-state index >= 15 is 0 Å². The van der Waals surface area contributed by atoms with E-state index in [1.807, 2.05) is 24.3 Å². The van der Waals surface area contributed by atoms with Crippen LogP contribution >= 0.6 is 0 Å². The Hall–Kier alpha value is -2.27. The maximum absolute atomic E-state index is 9.25. The van der Waals surface area contributed by atoms with Gasteiger partial charge in [0.25, 0.3) is 0 Å². The first kappa shape index (κ1) is 16.1. The number of hydrogen-bond acceptors (Lipinski definition) is 2. The highest BCUT2D eigenvalue weighted by Crippen LogP contribution is 2.30. The fourth-order valence-corrected chi connectivity index (χ4v) is 2.85. The van der Waals surface area contributed by atoms with Crippen molar-refractivity contribution in [2.75, 3.05) is 7.11 Å². The van der Waals surface area contributed by atoms with Crippen molar-refractivity contribution in [2.24, 2.45) is 0 Å². The summed E-state index contributed by atoms with van der Waals surface area (Å²) in [5, 5.41) is 9.25. The summed E-state index contributed by atoms with van der Waals surface area (Å²) in [6, 6.07) is 16.5. The Bertz CT molecular complexity index is 682. The maximum atomic E-state index is 9.25. The minimum absolute atomic E-state index is 0.309. The molecule has 0 aliphatic heterocycles. The first-order chi connectivity index (χ1) is 10.6. The van der Waals surface area contributed by atoms with Crippen molar-refractivity contribution in [3.05, 3.63) is 64.7 Å². The van der Waals surface area contributed by atoms with Crippen LogP contribution in [0.1, 0.15) is 54.9 Å². The van der Waals surface area contributed by atoms with Crippen molar-refractivity contribution < 1.29 is 4.74 Å². The van der Waals surface area contributed by atoms with Crippen LogP contribution in [0.4, 0.5) is 0 Å². The van der Waals surface area contributed by atoms with Gasteiger partial charge in [-0.1, -0.05) is 51.1 Å². The molecule has 0 aliphatic carbocycles. The minimum atomic E-state index is 0.309. The Morgan fingerprint density at radius 3 is 2.41 bits per heavy atom. The normalized spacial score (nSPS) is 12.0. The number of methoxy groups -OCH3 is 1. The van der Waals surface area contributed by atoms with Crippen molar-refractivity contribution in [1.29, 1.82) is 5.26 Å². The van der Waals surface area contributed by atoms with Crippen molar-refractivity contribution in [1.82, 2.24) is 0 Å². The lowest BCUT2D eigenvalue weighted by Crippen LogP contribution is -2.03. The Labute approximate surface area is 133 Å². The third kappa shape index (κ3) is 3.49. The van der Waals surface area contributed by atoms with Gasteiger partial charge in [-0.05, 0) is 47.1 Å². The van der Waals surface area contributed by atoms with Crippen molar-refractivity contribution in [2.45, 2.75) is 39.0 Å². The molecule has 2 nitrogen and oxygen atoms in total. The lowest BCUT2D eigenvalue weighted by Gasteiger charge is -2.17. The highest BCUT2D eigenvalue weighted by molar-refractivity contribution is 5.42. The average Bonchev–Trinajstić information content (AvgIpc) is 2.54. The molecule has 22 heavy (non-hydrogen) atoms.